The number of carbonyl (C=O) groups excluding carboxylic acids is 1. The normalized spacial score (nSPS) is 13.6. The van der Waals surface area contributed by atoms with E-state index in [1.54, 1.807) is 0 Å². The summed E-state index contributed by atoms with van der Waals surface area (Å²) in [6.07, 6.45) is 0. The van der Waals surface area contributed by atoms with Crippen molar-refractivity contribution in [3.05, 3.63) is 111 Å². The van der Waals surface area contributed by atoms with Crippen molar-refractivity contribution >= 4 is 23.0 Å². The van der Waals surface area contributed by atoms with Crippen LogP contribution in [0.5, 0.6) is 11.5 Å². The van der Waals surface area contributed by atoms with E-state index in [0.717, 1.165) is 69.5 Å². The largest absolute Gasteiger partial charge is 0.465 e. The number of hydrogen-bond donors (Lipinski definition) is 1. The molecular weight excluding hydrogens is 496 g/mol. The number of hydrogen-bond acceptors (Lipinski definition) is 5. The Morgan fingerprint density at radius 1 is 0.775 bits per heavy atom. The number of esters is 1. The van der Waals surface area contributed by atoms with Gasteiger partial charge in [0.05, 0.1) is 12.7 Å². The molecule has 0 spiro atoms. The second-order valence-corrected chi connectivity index (χ2v) is 10.7. The van der Waals surface area contributed by atoms with Crippen molar-refractivity contribution in [2.75, 3.05) is 30.4 Å². The summed E-state index contributed by atoms with van der Waals surface area (Å²) in [5.41, 5.74) is 11.2. The van der Waals surface area contributed by atoms with Gasteiger partial charge in [-0.05, 0) is 88.6 Å². The summed E-state index contributed by atoms with van der Waals surface area (Å²) in [6, 6.07) is 23.2. The van der Waals surface area contributed by atoms with Crippen molar-refractivity contribution in [3.63, 3.8) is 0 Å². The standard InChI is InChI=1S/C35H38N2O3/c1-8-37(9-2)25-12-14-27-33(19-25)40-32-18-24(6)31(36-30-15-11-21(3)16-23(30)5)20-29(32)34(27)26-13-10-22(4)17-28(26)35(38)39-7/h10-20,34,36H,8-9H2,1-7H3. The molecule has 0 bridgehead atoms. The lowest BCUT2D eigenvalue weighted by Gasteiger charge is -2.32. The summed E-state index contributed by atoms with van der Waals surface area (Å²) in [5.74, 6) is 1.07. The summed E-state index contributed by atoms with van der Waals surface area (Å²) in [7, 11) is 1.44. The molecule has 5 heteroatoms. The summed E-state index contributed by atoms with van der Waals surface area (Å²) < 4.78 is 11.8. The van der Waals surface area contributed by atoms with E-state index < -0.39 is 0 Å². The highest BCUT2D eigenvalue weighted by molar-refractivity contribution is 5.92. The fraction of sp³-hybridized carbons (Fsp3) is 0.286. The van der Waals surface area contributed by atoms with Crippen LogP contribution in [0.15, 0.2) is 66.7 Å². The molecule has 206 valence electrons. The minimum Gasteiger partial charge on any atom is -0.465 e. The molecule has 1 aliphatic heterocycles. The third-order valence-corrected chi connectivity index (χ3v) is 7.90. The highest BCUT2D eigenvalue weighted by Gasteiger charge is 2.33. The predicted molar refractivity (Wildman–Crippen MR) is 164 cm³/mol. The molecule has 40 heavy (non-hydrogen) atoms. The van der Waals surface area contributed by atoms with Gasteiger partial charge in [-0.1, -0.05) is 41.5 Å². The zero-order valence-electron chi connectivity index (χ0n) is 24.5. The molecule has 0 fully saturated rings. The maximum absolute atomic E-state index is 13.0. The molecule has 0 aliphatic carbocycles. The molecule has 1 atom stereocenters. The van der Waals surface area contributed by atoms with Crippen LogP contribution < -0.4 is 15.0 Å². The van der Waals surface area contributed by atoms with Gasteiger partial charge < -0.3 is 19.7 Å². The first kappa shape index (κ1) is 27.3. The van der Waals surface area contributed by atoms with Gasteiger partial charge in [-0.25, -0.2) is 4.79 Å². The van der Waals surface area contributed by atoms with Crippen LogP contribution in [0.25, 0.3) is 0 Å². The molecule has 0 amide bonds. The number of nitrogens with zero attached hydrogens (tertiary/aromatic N) is 1. The van der Waals surface area contributed by atoms with Crippen LogP contribution in [0, 0.1) is 27.7 Å². The minimum atomic E-state index is -0.339. The smallest absolute Gasteiger partial charge is 0.338 e. The van der Waals surface area contributed by atoms with E-state index in [9.17, 15) is 4.79 Å². The van der Waals surface area contributed by atoms with Gasteiger partial charge in [-0.15, -0.1) is 0 Å². The Morgan fingerprint density at radius 3 is 2.12 bits per heavy atom. The van der Waals surface area contributed by atoms with Gasteiger partial charge in [0, 0.05) is 53.3 Å². The van der Waals surface area contributed by atoms with Crippen molar-refractivity contribution in [2.45, 2.75) is 47.5 Å². The van der Waals surface area contributed by atoms with Gasteiger partial charge in [0.1, 0.15) is 11.5 Å². The van der Waals surface area contributed by atoms with Gasteiger partial charge in [0.2, 0.25) is 0 Å². The Labute approximate surface area is 237 Å². The number of methoxy groups -OCH3 is 1. The average Bonchev–Trinajstić information content (AvgIpc) is 2.94. The molecule has 0 saturated heterocycles. The van der Waals surface area contributed by atoms with Crippen LogP contribution in [0.2, 0.25) is 0 Å². The summed E-state index contributed by atoms with van der Waals surface area (Å²) >= 11 is 0. The van der Waals surface area contributed by atoms with E-state index in [4.69, 9.17) is 9.47 Å². The second kappa shape index (κ2) is 11.1. The number of aryl methyl sites for hydroxylation is 4. The van der Waals surface area contributed by atoms with Crippen LogP contribution in [-0.4, -0.2) is 26.2 Å². The SMILES string of the molecule is CCN(CC)c1ccc2c(c1)Oc1cc(C)c(Nc3ccc(C)cc3C)cc1C2c1ccc(C)cc1C(=O)OC. The first-order chi connectivity index (χ1) is 19.2. The van der Waals surface area contributed by atoms with Crippen molar-refractivity contribution in [3.8, 4) is 11.5 Å². The van der Waals surface area contributed by atoms with Crippen LogP contribution >= 0.6 is 0 Å². The summed E-state index contributed by atoms with van der Waals surface area (Å²) in [5, 5.41) is 3.66. The molecule has 0 radical (unpaired) electrons. The number of rotatable bonds is 7. The number of carbonyl (C=O) groups is 1. The van der Waals surface area contributed by atoms with Crippen molar-refractivity contribution in [1.82, 2.24) is 0 Å². The number of anilines is 3. The van der Waals surface area contributed by atoms with Gasteiger partial charge in [-0.3, -0.25) is 0 Å². The van der Waals surface area contributed by atoms with Gasteiger partial charge in [0.15, 0.2) is 0 Å². The highest BCUT2D eigenvalue weighted by Crippen LogP contribution is 2.50. The number of nitrogens with one attached hydrogen (secondary N) is 1. The van der Waals surface area contributed by atoms with Gasteiger partial charge in [-0.2, -0.15) is 0 Å². The minimum absolute atomic E-state index is 0.209. The van der Waals surface area contributed by atoms with E-state index in [2.05, 4.69) is 105 Å². The fourth-order valence-electron chi connectivity index (χ4n) is 5.71. The maximum Gasteiger partial charge on any atom is 0.338 e. The number of fused-ring (bicyclic) bond motifs is 2. The Morgan fingerprint density at radius 2 is 1.43 bits per heavy atom. The third-order valence-electron chi connectivity index (χ3n) is 7.90. The molecule has 1 aliphatic rings. The van der Waals surface area contributed by atoms with Gasteiger partial charge >= 0.3 is 5.97 Å². The number of ether oxygens (including phenoxy) is 2. The molecule has 4 aromatic rings. The quantitative estimate of drug-likeness (QED) is 0.212. The first-order valence-corrected chi connectivity index (χ1v) is 14.0. The van der Waals surface area contributed by atoms with Crippen LogP contribution in [0.4, 0.5) is 17.1 Å². The molecule has 5 rings (SSSR count). The maximum atomic E-state index is 13.0. The molecule has 5 nitrogen and oxygen atoms in total. The lowest BCUT2D eigenvalue weighted by Crippen LogP contribution is -2.22. The Kier molecular flexibility index (Phi) is 7.57. The zero-order valence-corrected chi connectivity index (χ0v) is 24.5. The Bertz CT molecular complexity index is 1590. The summed E-state index contributed by atoms with van der Waals surface area (Å²) in [6.45, 7) is 14.4. The number of benzene rings is 4. The fourth-order valence-corrected chi connectivity index (χ4v) is 5.71. The summed E-state index contributed by atoms with van der Waals surface area (Å²) in [4.78, 5) is 15.3. The third kappa shape index (κ3) is 5.04. The topological polar surface area (TPSA) is 50.8 Å². The molecule has 0 saturated carbocycles. The molecular formula is C35H38N2O3. The van der Waals surface area contributed by atoms with E-state index in [1.165, 1.54) is 18.2 Å². The average molecular weight is 535 g/mol. The van der Waals surface area contributed by atoms with Crippen LogP contribution in [0.3, 0.4) is 0 Å². The van der Waals surface area contributed by atoms with E-state index in [1.807, 2.05) is 13.0 Å². The molecule has 4 aromatic carbocycles. The van der Waals surface area contributed by atoms with Crippen LogP contribution in [-0.2, 0) is 4.74 Å². The monoisotopic (exact) mass is 534 g/mol. The predicted octanol–water partition coefficient (Wildman–Crippen LogP) is 8.58. The lowest BCUT2D eigenvalue weighted by atomic mass is 9.79. The van der Waals surface area contributed by atoms with E-state index in [-0.39, 0.29) is 11.9 Å². The lowest BCUT2D eigenvalue weighted by molar-refractivity contribution is 0.0599. The van der Waals surface area contributed by atoms with Gasteiger partial charge in [0.25, 0.3) is 0 Å². The Balaban J connectivity index is 1.71. The highest BCUT2D eigenvalue weighted by atomic mass is 16.5. The molecule has 1 heterocycles. The molecule has 0 aromatic heterocycles. The Hall–Kier alpha value is -4.25. The zero-order chi connectivity index (χ0) is 28.6. The van der Waals surface area contributed by atoms with Crippen LogP contribution in [0.1, 0.15) is 69.1 Å². The van der Waals surface area contributed by atoms with E-state index in [0.29, 0.717) is 5.56 Å². The molecule has 1 unspecified atom stereocenters. The molecule has 1 N–H and O–H groups in total. The van der Waals surface area contributed by atoms with Crippen molar-refractivity contribution in [2.24, 2.45) is 0 Å². The first-order valence-electron chi connectivity index (χ1n) is 14.0. The van der Waals surface area contributed by atoms with Crippen molar-refractivity contribution in [1.29, 1.82) is 0 Å². The second-order valence-electron chi connectivity index (χ2n) is 10.7. The van der Waals surface area contributed by atoms with E-state index >= 15 is 0 Å². The van der Waals surface area contributed by atoms with Crippen molar-refractivity contribution < 1.29 is 14.3 Å².